The van der Waals surface area contributed by atoms with Crippen molar-refractivity contribution in [3.05, 3.63) is 60.3 Å². The lowest BCUT2D eigenvalue weighted by Crippen LogP contribution is -2.27. The maximum absolute atomic E-state index is 13.0. The molecule has 0 radical (unpaired) electrons. The Kier molecular flexibility index (Phi) is 4.10. The maximum Gasteiger partial charge on any atom is 0.271 e. The molecule has 2 heterocycles. The van der Waals surface area contributed by atoms with Gasteiger partial charge in [-0.1, -0.05) is 26.0 Å². The lowest BCUT2D eigenvalue weighted by molar-refractivity contribution is 0.0944. The number of fused-ring (bicyclic) bond motifs is 1. The lowest BCUT2D eigenvalue weighted by atomic mass is 10.1. The molecule has 0 saturated heterocycles. The van der Waals surface area contributed by atoms with E-state index in [9.17, 15) is 9.18 Å². The topological polar surface area (TPSA) is 46.4 Å². The van der Waals surface area contributed by atoms with E-state index in [0.717, 1.165) is 11.1 Å². The van der Waals surface area contributed by atoms with Crippen LogP contribution in [-0.2, 0) is 0 Å². The fourth-order valence-electron chi connectivity index (χ4n) is 2.30. The molecule has 4 nitrogen and oxygen atoms in total. The summed E-state index contributed by atoms with van der Waals surface area (Å²) in [4.78, 5) is 16.4. The Morgan fingerprint density at radius 1 is 1.13 bits per heavy atom. The summed E-state index contributed by atoms with van der Waals surface area (Å²) < 4.78 is 14.8. The summed E-state index contributed by atoms with van der Waals surface area (Å²) >= 11 is 0. The summed E-state index contributed by atoms with van der Waals surface area (Å²) in [6.07, 6.45) is 3.59. The van der Waals surface area contributed by atoms with E-state index in [4.69, 9.17) is 0 Å². The van der Waals surface area contributed by atoms with E-state index < -0.39 is 0 Å². The number of hydrogen-bond acceptors (Lipinski definition) is 2. The summed E-state index contributed by atoms with van der Waals surface area (Å²) in [5.74, 6) is -0.0478. The van der Waals surface area contributed by atoms with Crippen LogP contribution >= 0.6 is 0 Å². The van der Waals surface area contributed by atoms with Crippen LogP contribution in [0.4, 0.5) is 4.39 Å². The lowest BCUT2D eigenvalue weighted by Gasteiger charge is -2.04. The van der Waals surface area contributed by atoms with Crippen molar-refractivity contribution in [1.82, 2.24) is 14.7 Å². The van der Waals surface area contributed by atoms with Gasteiger partial charge in [-0.25, -0.2) is 9.37 Å². The van der Waals surface area contributed by atoms with Gasteiger partial charge in [-0.3, -0.25) is 4.79 Å². The van der Waals surface area contributed by atoms with Gasteiger partial charge in [0.05, 0.1) is 0 Å². The number of halogens is 1. The molecule has 0 fully saturated rings. The van der Waals surface area contributed by atoms with E-state index in [0.29, 0.717) is 23.8 Å². The summed E-state index contributed by atoms with van der Waals surface area (Å²) in [5, 5.41) is 2.86. The van der Waals surface area contributed by atoms with Crippen molar-refractivity contribution in [3.8, 4) is 11.1 Å². The zero-order valence-corrected chi connectivity index (χ0v) is 13.1. The summed E-state index contributed by atoms with van der Waals surface area (Å²) in [7, 11) is 0. The number of pyridine rings is 1. The fraction of sp³-hybridized carbons (Fsp3) is 0.222. The van der Waals surface area contributed by atoms with Gasteiger partial charge in [0.25, 0.3) is 5.91 Å². The smallest absolute Gasteiger partial charge is 0.271 e. The van der Waals surface area contributed by atoms with Crippen molar-refractivity contribution in [2.24, 2.45) is 5.92 Å². The van der Waals surface area contributed by atoms with Crippen LogP contribution in [0.1, 0.15) is 24.3 Å². The van der Waals surface area contributed by atoms with Crippen molar-refractivity contribution < 1.29 is 9.18 Å². The van der Waals surface area contributed by atoms with Crippen molar-refractivity contribution in [2.45, 2.75) is 13.8 Å². The minimum absolute atomic E-state index is 0.175. The van der Waals surface area contributed by atoms with Crippen LogP contribution in [0.25, 0.3) is 16.8 Å². The van der Waals surface area contributed by atoms with Crippen LogP contribution in [-0.4, -0.2) is 21.8 Å². The number of benzene rings is 1. The summed E-state index contributed by atoms with van der Waals surface area (Å²) in [5.41, 5.74) is 2.93. The van der Waals surface area contributed by atoms with Gasteiger partial charge in [0.1, 0.15) is 17.2 Å². The third-order valence-electron chi connectivity index (χ3n) is 3.53. The molecule has 0 aliphatic heterocycles. The van der Waals surface area contributed by atoms with Crippen LogP contribution < -0.4 is 5.32 Å². The molecule has 0 aliphatic rings. The predicted molar refractivity (Wildman–Crippen MR) is 87.8 cm³/mol. The van der Waals surface area contributed by atoms with E-state index in [1.807, 2.05) is 36.6 Å². The van der Waals surface area contributed by atoms with Gasteiger partial charge < -0.3 is 9.72 Å². The molecule has 1 N–H and O–H groups in total. The first-order valence-electron chi connectivity index (χ1n) is 7.56. The predicted octanol–water partition coefficient (Wildman–Crippen LogP) is 3.53. The Labute approximate surface area is 134 Å². The molecular weight excluding hydrogens is 293 g/mol. The number of carbonyl (C=O) groups is 1. The molecule has 0 atom stereocenters. The third kappa shape index (κ3) is 3.39. The van der Waals surface area contributed by atoms with E-state index in [1.54, 1.807) is 18.3 Å². The first kappa shape index (κ1) is 15.2. The van der Waals surface area contributed by atoms with Crippen molar-refractivity contribution in [3.63, 3.8) is 0 Å². The standard InChI is InChI=1S/C18H18FN3O/c1-12(2)9-20-18(23)16-11-22-10-14(5-8-17(22)21-16)13-3-6-15(19)7-4-13/h3-8,10-12H,9H2,1-2H3,(H,20,23). The average molecular weight is 311 g/mol. The number of hydrogen-bond donors (Lipinski definition) is 1. The SMILES string of the molecule is CC(C)CNC(=O)c1cn2cc(-c3ccc(F)cc3)ccc2n1. The van der Waals surface area contributed by atoms with Gasteiger partial charge in [-0.15, -0.1) is 0 Å². The molecule has 0 spiro atoms. The molecule has 2 aromatic heterocycles. The minimum Gasteiger partial charge on any atom is -0.350 e. The molecule has 0 aliphatic carbocycles. The highest BCUT2D eigenvalue weighted by Gasteiger charge is 2.11. The highest BCUT2D eigenvalue weighted by atomic mass is 19.1. The first-order valence-corrected chi connectivity index (χ1v) is 7.56. The molecule has 0 unspecified atom stereocenters. The van der Waals surface area contributed by atoms with E-state index in [2.05, 4.69) is 10.3 Å². The van der Waals surface area contributed by atoms with Gasteiger partial charge >= 0.3 is 0 Å². The van der Waals surface area contributed by atoms with Crippen LogP contribution in [0.5, 0.6) is 0 Å². The van der Waals surface area contributed by atoms with Gasteiger partial charge in [0.2, 0.25) is 0 Å². The molecule has 118 valence electrons. The number of carbonyl (C=O) groups excluding carboxylic acids is 1. The van der Waals surface area contributed by atoms with Crippen molar-refractivity contribution >= 4 is 11.6 Å². The molecule has 3 rings (SSSR count). The number of imidazole rings is 1. The van der Waals surface area contributed by atoms with Gasteiger partial charge in [-0.05, 0) is 41.3 Å². The zero-order chi connectivity index (χ0) is 16.4. The van der Waals surface area contributed by atoms with E-state index in [-0.39, 0.29) is 11.7 Å². The normalized spacial score (nSPS) is 11.1. The van der Waals surface area contributed by atoms with Crippen LogP contribution in [0.2, 0.25) is 0 Å². The number of aromatic nitrogens is 2. The molecule has 0 saturated carbocycles. The van der Waals surface area contributed by atoms with Gasteiger partial charge in [0.15, 0.2) is 0 Å². The zero-order valence-electron chi connectivity index (χ0n) is 13.1. The Morgan fingerprint density at radius 3 is 2.52 bits per heavy atom. The highest BCUT2D eigenvalue weighted by Crippen LogP contribution is 2.20. The second-order valence-electron chi connectivity index (χ2n) is 5.92. The van der Waals surface area contributed by atoms with E-state index in [1.165, 1.54) is 12.1 Å². The quantitative estimate of drug-likeness (QED) is 0.801. The second kappa shape index (κ2) is 6.20. The Hall–Kier alpha value is -2.69. The van der Waals surface area contributed by atoms with Gasteiger partial charge in [-0.2, -0.15) is 0 Å². The van der Waals surface area contributed by atoms with Crippen LogP contribution in [0.3, 0.4) is 0 Å². The molecule has 0 bridgehead atoms. The van der Waals surface area contributed by atoms with Gasteiger partial charge in [0, 0.05) is 18.9 Å². The molecule has 1 aromatic carbocycles. The summed E-state index contributed by atoms with van der Waals surface area (Å²) in [6.45, 7) is 4.70. The van der Waals surface area contributed by atoms with Crippen molar-refractivity contribution in [2.75, 3.05) is 6.54 Å². The minimum atomic E-state index is -0.262. The fourth-order valence-corrected chi connectivity index (χ4v) is 2.30. The highest BCUT2D eigenvalue weighted by molar-refractivity contribution is 5.92. The number of amides is 1. The van der Waals surface area contributed by atoms with E-state index >= 15 is 0 Å². The average Bonchev–Trinajstić information content (AvgIpc) is 2.96. The number of rotatable bonds is 4. The molecule has 5 heteroatoms. The van der Waals surface area contributed by atoms with Crippen LogP contribution in [0, 0.1) is 11.7 Å². The summed E-state index contributed by atoms with van der Waals surface area (Å²) in [6, 6.07) is 10.1. The Morgan fingerprint density at radius 2 is 1.83 bits per heavy atom. The molecule has 1 amide bonds. The Bertz CT molecular complexity index is 837. The molecule has 23 heavy (non-hydrogen) atoms. The van der Waals surface area contributed by atoms with Crippen LogP contribution in [0.15, 0.2) is 48.8 Å². The monoisotopic (exact) mass is 311 g/mol. The Balaban J connectivity index is 1.88. The first-order chi connectivity index (χ1) is 11.0. The maximum atomic E-state index is 13.0. The second-order valence-corrected chi connectivity index (χ2v) is 5.92. The van der Waals surface area contributed by atoms with Crippen molar-refractivity contribution in [1.29, 1.82) is 0 Å². The third-order valence-corrected chi connectivity index (χ3v) is 3.53. The molecule has 3 aromatic rings. The molecular formula is C18H18FN3O. The number of nitrogens with one attached hydrogen (secondary N) is 1. The largest absolute Gasteiger partial charge is 0.350 e. The number of nitrogens with zero attached hydrogens (tertiary/aromatic N) is 2.